The molecule has 1 atom stereocenters. The minimum atomic E-state index is -0.131. The molecule has 0 aliphatic rings. The Kier molecular flexibility index (Phi) is 6.54. The van der Waals surface area contributed by atoms with Gasteiger partial charge in [0, 0.05) is 5.92 Å². The minimum absolute atomic E-state index is 0.131. The van der Waals surface area contributed by atoms with Crippen LogP contribution in [0.1, 0.15) is 43.2 Å². The molecule has 0 saturated heterocycles. The van der Waals surface area contributed by atoms with E-state index in [2.05, 4.69) is 29.4 Å². The highest BCUT2D eigenvalue weighted by Crippen LogP contribution is 2.28. The van der Waals surface area contributed by atoms with Crippen molar-refractivity contribution >= 4 is 22.4 Å². The molecule has 0 spiro atoms. The van der Waals surface area contributed by atoms with Crippen LogP contribution in [-0.2, 0) is 11.2 Å². The lowest BCUT2D eigenvalue weighted by Gasteiger charge is -2.09. The SMILES string of the molecule is CCC[C@@H](C)c1nnc(NC(=O)Cc2ccc(OC)c(OC)c2)s1. The van der Waals surface area contributed by atoms with Crippen molar-refractivity contribution in [2.45, 2.75) is 39.0 Å². The third-order valence-corrected chi connectivity index (χ3v) is 4.71. The van der Waals surface area contributed by atoms with Crippen molar-refractivity contribution in [1.29, 1.82) is 0 Å². The van der Waals surface area contributed by atoms with Gasteiger partial charge in [-0.05, 0) is 24.1 Å². The van der Waals surface area contributed by atoms with Crippen molar-refractivity contribution in [3.63, 3.8) is 0 Å². The molecule has 1 aromatic carbocycles. The number of nitrogens with zero attached hydrogens (tertiary/aromatic N) is 2. The van der Waals surface area contributed by atoms with Crippen LogP contribution in [-0.4, -0.2) is 30.3 Å². The van der Waals surface area contributed by atoms with Gasteiger partial charge >= 0.3 is 0 Å². The fraction of sp³-hybridized carbons (Fsp3) is 0.471. The summed E-state index contributed by atoms with van der Waals surface area (Å²) in [7, 11) is 3.15. The monoisotopic (exact) mass is 349 g/mol. The molecule has 0 fully saturated rings. The summed E-state index contributed by atoms with van der Waals surface area (Å²) in [6.07, 6.45) is 2.40. The first kappa shape index (κ1) is 18.2. The second-order valence-corrected chi connectivity index (χ2v) is 6.56. The Morgan fingerprint density at radius 3 is 2.67 bits per heavy atom. The van der Waals surface area contributed by atoms with Gasteiger partial charge in [0.2, 0.25) is 11.0 Å². The van der Waals surface area contributed by atoms with Crippen LogP contribution in [0.25, 0.3) is 0 Å². The van der Waals surface area contributed by atoms with Crippen molar-refractivity contribution in [3.05, 3.63) is 28.8 Å². The summed E-state index contributed by atoms with van der Waals surface area (Å²) in [5.41, 5.74) is 0.842. The van der Waals surface area contributed by atoms with Crippen molar-refractivity contribution in [1.82, 2.24) is 10.2 Å². The Hall–Kier alpha value is -2.15. The van der Waals surface area contributed by atoms with Gasteiger partial charge in [-0.15, -0.1) is 10.2 Å². The number of methoxy groups -OCH3 is 2. The number of carbonyl (C=O) groups excluding carboxylic acids is 1. The highest BCUT2D eigenvalue weighted by molar-refractivity contribution is 7.15. The van der Waals surface area contributed by atoms with Crippen LogP contribution in [0.5, 0.6) is 11.5 Å². The molecule has 0 radical (unpaired) electrons. The maximum Gasteiger partial charge on any atom is 0.230 e. The molecular formula is C17H23N3O3S. The Morgan fingerprint density at radius 1 is 1.25 bits per heavy atom. The van der Waals surface area contributed by atoms with Crippen molar-refractivity contribution in [2.24, 2.45) is 0 Å². The molecule has 0 bridgehead atoms. The molecule has 7 heteroatoms. The molecule has 0 unspecified atom stereocenters. The number of amides is 1. The zero-order chi connectivity index (χ0) is 17.5. The molecule has 2 aromatic rings. The lowest BCUT2D eigenvalue weighted by Crippen LogP contribution is -2.14. The van der Waals surface area contributed by atoms with Crippen LogP contribution in [0, 0.1) is 0 Å². The molecule has 24 heavy (non-hydrogen) atoms. The number of benzene rings is 1. The van der Waals surface area contributed by atoms with Crippen molar-refractivity contribution in [2.75, 3.05) is 19.5 Å². The van der Waals surface area contributed by atoms with Gasteiger partial charge in [-0.25, -0.2) is 0 Å². The number of hydrogen-bond donors (Lipinski definition) is 1. The predicted octanol–water partition coefficient (Wildman–Crippen LogP) is 3.64. The van der Waals surface area contributed by atoms with Gasteiger partial charge in [0.05, 0.1) is 20.6 Å². The van der Waals surface area contributed by atoms with Crippen molar-refractivity contribution in [3.8, 4) is 11.5 Å². The van der Waals surface area contributed by atoms with Gasteiger partial charge in [0.15, 0.2) is 11.5 Å². The predicted molar refractivity (Wildman–Crippen MR) is 95.1 cm³/mol. The van der Waals surface area contributed by atoms with Gasteiger partial charge in [-0.3, -0.25) is 4.79 Å². The van der Waals surface area contributed by atoms with E-state index >= 15 is 0 Å². The Labute approximate surface area is 146 Å². The summed E-state index contributed by atoms with van der Waals surface area (Å²) < 4.78 is 10.4. The summed E-state index contributed by atoms with van der Waals surface area (Å²) in [4.78, 5) is 12.2. The van der Waals surface area contributed by atoms with E-state index in [4.69, 9.17) is 9.47 Å². The van der Waals surface area contributed by atoms with Gasteiger partial charge < -0.3 is 14.8 Å². The number of ether oxygens (including phenoxy) is 2. The first-order valence-corrected chi connectivity index (χ1v) is 8.73. The largest absolute Gasteiger partial charge is 0.493 e. The standard InChI is InChI=1S/C17H23N3O3S/c1-5-6-11(2)16-19-20-17(24-16)18-15(21)10-12-7-8-13(22-3)14(9-12)23-4/h7-9,11H,5-6,10H2,1-4H3,(H,18,20,21)/t11-/m1/s1. The Balaban J connectivity index is 1.98. The fourth-order valence-corrected chi connectivity index (χ4v) is 3.23. The molecule has 1 heterocycles. The zero-order valence-electron chi connectivity index (χ0n) is 14.5. The molecule has 1 aromatic heterocycles. The van der Waals surface area contributed by atoms with E-state index in [1.807, 2.05) is 6.07 Å². The van der Waals surface area contributed by atoms with E-state index in [0.29, 0.717) is 22.5 Å². The van der Waals surface area contributed by atoms with E-state index < -0.39 is 0 Å². The molecule has 130 valence electrons. The lowest BCUT2D eigenvalue weighted by molar-refractivity contribution is -0.115. The molecule has 1 amide bonds. The smallest absolute Gasteiger partial charge is 0.230 e. The van der Waals surface area contributed by atoms with Gasteiger partial charge in [-0.1, -0.05) is 37.7 Å². The summed E-state index contributed by atoms with van der Waals surface area (Å²) in [5.74, 6) is 1.48. The molecule has 6 nitrogen and oxygen atoms in total. The molecular weight excluding hydrogens is 326 g/mol. The van der Waals surface area contributed by atoms with Crippen LogP contribution in [0.2, 0.25) is 0 Å². The first-order valence-electron chi connectivity index (χ1n) is 7.91. The van der Waals surface area contributed by atoms with Gasteiger partial charge in [-0.2, -0.15) is 0 Å². The zero-order valence-corrected chi connectivity index (χ0v) is 15.3. The topological polar surface area (TPSA) is 73.3 Å². The Bertz CT molecular complexity index is 687. The number of hydrogen-bond acceptors (Lipinski definition) is 6. The van der Waals surface area contributed by atoms with E-state index in [1.165, 1.54) is 11.3 Å². The number of carbonyl (C=O) groups is 1. The lowest BCUT2D eigenvalue weighted by atomic mass is 10.1. The third-order valence-electron chi connectivity index (χ3n) is 3.64. The summed E-state index contributed by atoms with van der Waals surface area (Å²) in [6, 6.07) is 5.43. The van der Waals surface area contributed by atoms with E-state index in [1.54, 1.807) is 26.4 Å². The maximum absolute atomic E-state index is 12.2. The molecule has 0 aliphatic carbocycles. The molecule has 0 saturated carbocycles. The van der Waals surface area contributed by atoms with Crippen LogP contribution in [0.3, 0.4) is 0 Å². The van der Waals surface area contributed by atoms with E-state index in [0.717, 1.165) is 23.4 Å². The normalized spacial score (nSPS) is 11.8. The first-order chi connectivity index (χ1) is 11.6. The van der Waals surface area contributed by atoms with Gasteiger partial charge in [0.25, 0.3) is 0 Å². The van der Waals surface area contributed by atoms with E-state index in [-0.39, 0.29) is 12.3 Å². The van der Waals surface area contributed by atoms with Crippen molar-refractivity contribution < 1.29 is 14.3 Å². The maximum atomic E-state index is 12.2. The van der Waals surface area contributed by atoms with Gasteiger partial charge in [0.1, 0.15) is 5.01 Å². The average molecular weight is 349 g/mol. The quantitative estimate of drug-likeness (QED) is 0.787. The number of rotatable bonds is 8. The van der Waals surface area contributed by atoms with E-state index in [9.17, 15) is 4.79 Å². The minimum Gasteiger partial charge on any atom is -0.493 e. The number of aromatic nitrogens is 2. The third kappa shape index (κ3) is 4.67. The highest BCUT2D eigenvalue weighted by atomic mass is 32.1. The van der Waals surface area contributed by atoms with Crippen LogP contribution in [0.4, 0.5) is 5.13 Å². The number of anilines is 1. The Morgan fingerprint density at radius 2 is 2.00 bits per heavy atom. The van der Waals surface area contributed by atoms with Crippen LogP contribution >= 0.6 is 11.3 Å². The summed E-state index contributed by atoms with van der Waals surface area (Å²) >= 11 is 1.43. The van der Waals surface area contributed by atoms with Crippen LogP contribution < -0.4 is 14.8 Å². The second-order valence-electron chi connectivity index (χ2n) is 5.55. The molecule has 0 aliphatic heterocycles. The molecule has 2 rings (SSSR count). The summed E-state index contributed by atoms with van der Waals surface area (Å²) in [6.45, 7) is 4.27. The fourth-order valence-electron chi connectivity index (χ4n) is 2.38. The van der Waals surface area contributed by atoms with Crippen LogP contribution in [0.15, 0.2) is 18.2 Å². The number of nitrogens with one attached hydrogen (secondary N) is 1. The molecule has 1 N–H and O–H groups in total. The average Bonchev–Trinajstić information content (AvgIpc) is 3.03. The second kappa shape index (κ2) is 8.63. The highest BCUT2D eigenvalue weighted by Gasteiger charge is 2.14. The summed E-state index contributed by atoms with van der Waals surface area (Å²) in [5, 5.41) is 12.5.